The van der Waals surface area contributed by atoms with Gasteiger partial charge >= 0.3 is 12.0 Å². The molecule has 0 spiro atoms. The second-order valence-corrected chi connectivity index (χ2v) is 5.78. The number of piperidine rings is 1. The molecule has 1 aliphatic rings. The number of likely N-dealkylation sites (tertiary alicyclic amines) is 1. The first-order valence-electron chi connectivity index (χ1n) is 7.23. The first-order valence-corrected chi connectivity index (χ1v) is 7.23. The Balaban J connectivity index is 1.74. The summed E-state index contributed by atoms with van der Waals surface area (Å²) < 4.78 is 1.95. The molecule has 1 aromatic heterocycles. The summed E-state index contributed by atoms with van der Waals surface area (Å²) in [5.74, 6) is -0.833. The maximum Gasteiger partial charge on any atom is 0.317 e. The molecule has 2 N–H and O–H groups in total. The van der Waals surface area contributed by atoms with Crippen molar-refractivity contribution < 1.29 is 14.7 Å². The molecule has 2 heterocycles. The summed E-state index contributed by atoms with van der Waals surface area (Å²) >= 11 is 0. The highest BCUT2D eigenvalue weighted by atomic mass is 16.4. The highest BCUT2D eigenvalue weighted by Gasteiger charge is 2.39. The van der Waals surface area contributed by atoms with Gasteiger partial charge in [0.05, 0.1) is 11.7 Å². The van der Waals surface area contributed by atoms with Crippen molar-refractivity contribution in [3.8, 4) is 0 Å². The van der Waals surface area contributed by atoms with Gasteiger partial charge in [0.15, 0.2) is 0 Å². The maximum atomic E-state index is 12.1. The molecular weight excluding hydrogens is 272 g/mol. The maximum absolute atomic E-state index is 12.1. The van der Waals surface area contributed by atoms with Crippen LogP contribution >= 0.6 is 0 Å². The third kappa shape index (κ3) is 3.96. The molecule has 0 aliphatic carbocycles. The number of hydrogen-bond acceptors (Lipinski definition) is 3. The number of nitrogens with one attached hydrogen (secondary N) is 1. The number of hydrogen-bond donors (Lipinski definition) is 2. The van der Waals surface area contributed by atoms with E-state index < -0.39 is 11.4 Å². The first kappa shape index (κ1) is 15.3. The SMILES string of the molecule is CC1(C(=O)O)CCCN(C(=O)NCCCn2ccnc2)C1. The van der Waals surface area contributed by atoms with Gasteiger partial charge in [-0.3, -0.25) is 4.79 Å². The van der Waals surface area contributed by atoms with Crippen molar-refractivity contribution >= 4 is 12.0 Å². The highest BCUT2D eigenvalue weighted by Crippen LogP contribution is 2.29. The number of imidazole rings is 1. The zero-order chi connectivity index (χ0) is 15.3. The Hall–Kier alpha value is -2.05. The molecule has 21 heavy (non-hydrogen) atoms. The van der Waals surface area contributed by atoms with Gasteiger partial charge in [-0.05, 0) is 26.2 Å². The van der Waals surface area contributed by atoms with E-state index in [2.05, 4.69) is 10.3 Å². The van der Waals surface area contributed by atoms with Crippen LogP contribution in [0.15, 0.2) is 18.7 Å². The number of aliphatic carboxylic acids is 1. The number of carbonyl (C=O) groups excluding carboxylic acids is 1. The Bertz CT molecular complexity index is 488. The molecule has 7 heteroatoms. The summed E-state index contributed by atoms with van der Waals surface area (Å²) in [6.07, 6.45) is 7.50. The van der Waals surface area contributed by atoms with E-state index in [-0.39, 0.29) is 12.6 Å². The lowest BCUT2D eigenvalue weighted by molar-refractivity contribution is -0.150. The normalized spacial score (nSPS) is 22.0. The van der Waals surface area contributed by atoms with Gasteiger partial charge in [0.2, 0.25) is 0 Å². The Kier molecular flexibility index (Phi) is 4.82. The summed E-state index contributed by atoms with van der Waals surface area (Å²) in [6, 6.07) is -0.173. The van der Waals surface area contributed by atoms with Crippen LogP contribution < -0.4 is 5.32 Å². The zero-order valence-electron chi connectivity index (χ0n) is 12.3. The van der Waals surface area contributed by atoms with Crippen molar-refractivity contribution in [2.45, 2.75) is 32.7 Å². The van der Waals surface area contributed by atoms with E-state index in [1.807, 2.05) is 10.8 Å². The Morgan fingerprint density at radius 1 is 1.48 bits per heavy atom. The van der Waals surface area contributed by atoms with E-state index >= 15 is 0 Å². The van der Waals surface area contributed by atoms with Gasteiger partial charge in [-0.1, -0.05) is 0 Å². The van der Waals surface area contributed by atoms with Crippen molar-refractivity contribution in [2.75, 3.05) is 19.6 Å². The second kappa shape index (κ2) is 6.60. The molecule has 2 rings (SSSR count). The average molecular weight is 294 g/mol. The molecule has 116 valence electrons. The number of urea groups is 1. The van der Waals surface area contributed by atoms with Gasteiger partial charge in [-0.2, -0.15) is 0 Å². The fraction of sp³-hybridized carbons (Fsp3) is 0.643. The molecule has 1 aliphatic heterocycles. The number of carbonyl (C=O) groups is 2. The molecule has 1 fully saturated rings. The number of rotatable bonds is 5. The third-order valence-electron chi connectivity index (χ3n) is 3.93. The Morgan fingerprint density at radius 2 is 2.29 bits per heavy atom. The second-order valence-electron chi connectivity index (χ2n) is 5.78. The van der Waals surface area contributed by atoms with Crippen LogP contribution in [0.2, 0.25) is 0 Å². The molecular formula is C14H22N4O3. The zero-order valence-corrected chi connectivity index (χ0v) is 12.3. The Morgan fingerprint density at radius 3 is 2.95 bits per heavy atom. The summed E-state index contributed by atoms with van der Waals surface area (Å²) in [6.45, 7) is 3.96. The topological polar surface area (TPSA) is 87.5 Å². The third-order valence-corrected chi connectivity index (χ3v) is 3.93. The van der Waals surface area contributed by atoms with E-state index in [4.69, 9.17) is 0 Å². The molecule has 1 saturated heterocycles. The van der Waals surface area contributed by atoms with Gasteiger partial charge in [0.1, 0.15) is 0 Å². The number of amides is 2. The molecule has 1 aromatic rings. The van der Waals surface area contributed by atoms with E-state index in [0.29, 0.717) is 19.5 Å². The van der Waals surface area contributed by atoms with Crippen LogP contribution in [0.25, 0.3) is 0 Å². The molecule has 0 saturated carbocycles. The standard InChI is InChI=1S/C14H22N4O3/c1-14(12(19)20)4-2-8-18(10-14)13(21)16-5-3-7-17-9-6-15-11-17/h6,9,11H,2-5,7-8,10H2,1H3,(H,16,21)(H,19,20). The number of aryl methyl sites for hydroxylation is 1. The van der Waals surface area contributed by atoms with Gasteiger partial charge in [0.25, 0.3) is 0 Å². The van der Waals surface area contributed by atoms with Crippen molar-refractivity contribution in [1.29, 1.82) is 0 Å². The molecule has 1 atom stereocenters. The van der Waals surface area contributed by atoms with Crippen LogP contribution in [0.1, 0.15) is 26.2 Å². The van der Waals surface area contributed by atoms with Crippen LogP contribution in [0.3, 0.4) is 0 Å². The lowest BCUT2D eigenvalue weighted by Gasteiger charge is -2.37. The van der Waals surface area contributed by atoms with E-state index in [0.717, 1.165) is 19.4 Å². The number of carboxylic acid groups (broad SMARTS) is 1. The minimum atomic E-state index is -0.833. The fourth-order valence-electron chi connectivity index (χ4n) is 2.58. The van der Waals surface area contributed by atoms with Gasteiger partial charge < -0.3 is 19.9 Å². The van der Waals surface area contributed by atoms with Crippen molar-refractivity contribution in [2.24, 2.45) is 5.41 Å². The predicted octanol–water partition coefficient (Wildman–Crippen LogP) is 1.17. The van der Waals surface area contributed by atoms with Gasteiger partial charge in [0, 0.05) is 38.6 Å². The average Bonchev–Trinajstić information content (AvgIpc) is 2.96. The monoisotopic (exact) mass is 294 g/mol. The highest BCUT2D eigenvalue weighted by molar-refractivity contribution is 5.78. The van der Waals surface area contributed by atoms with Crippen LogP contribution in [-0.2, 0) is 11.3 Å². The van der Waals surface area contributed by atoms with Crippen LogP contribution in [0.5, 0.6) is 0 Å². The minimum absolute atomic E-state index is 0.173. The predicted molar refractivity (Wildman–Crippen MR) is 76.8 cm³/mol. The number of carboxylic acids is 1. The summed E-state index contributed by atoms with van der Waals surface area (Å²) in [7, 11) is 0. The number of nitrogens with zero attached hydrogens (tertiary/aromatic N) is 3. The van der Waals surface area contributed by atoms with Crippen LogP contribution in [0, 0.1) is 5.41 Å². The van der Waals surface area contributed by atoms with Crippen molar-refractivity contribution in [1.82, 2.24) is 19.8 Å². The van der Waals surface area contributed by atoms with E-state index in [9.17, 15) is 14.7 Å². The molecule has 0 aromatic carbocycles. The lowest BCUT2D eigenvalue weighted by Crippen LogP contribution is -2.51. The van der Waals surface area contributed by atoms with E-state index in [1.165, 1.54) is 0 Å². The quantitative estimate of drug-likeness (QED) is 0.798. The van der Waals surface area contributed by atoms with E-state index in [1.54, 1.807) is 24.3 Å². The van der Waals surface area contributed by atoms with Crippen LogP contribution in [0.4, 0.5) is 4.79 Å². The lowest BCUT2D eigenvalue weighted by atomic mass is 9.82. The van der Waals surface area contributed by atoms with Gasteiger partial charge in [-0.25, -0.2) is 9.78 Å². The van der Waals surface area contributed by atoms with Crippen molar-refractivity contribution in [3.63, 3.8) is 0 Å². The number of aromatic nitrogens is 2. The molecule has 0 radical (unpaired) electrons. The molecule has 2 amide bonds. The first-order chi connectivity index (χ1) is 10.0. The smallest absolute Gasteiger partial charge is 0.317 e. The largest absolute Gasteiger partial charge is 0.481 e. The fourth-order valence-corrected chi connectivity index (χ4v) is 2.58. The summed E-state index contributed by atoms with van der Waals surface area (Å²) in [5.41, 5.74) is -0.827. The van der Waals surface area contributed by atoms with Crippen LogP contribution in [-0.4, -0.2) is 51.2 Å². The minimum Gasteiger partial charge on any atom is -0.481 e. The molecule has 0 bridgehead atoms. The molecule has 1 unspecified atom stereocenters. The van der Waals surface area contributed by atoms with Gasteiger partial charge in [-0.15, -0.1) is 0 Å². The Labute approximate surface area is 124 Å². The summed E-state index contributed by atoms with van der Waals surface area (Å²) in [4.78, 5) is 28.9. The summed E-state index contributed by atoms with van der Waals surface area (Å²) in [5, 5.41) is 12.1. The molecule has 7 nitrogen and oxygen atoms in total. The van der Waals surface area contributed by atoms with Crippen molar-refractivity contribution in [3.05, 3.63) is 18.7 Å².